The van der Waals surface area contributed by atoms with Gasteiger partial charge >= 0.3 is 6.09 Å². The Morgan fingerprint density at radius 2 is 1.73 bits per heavy atom. The molecule has 0 atom stereocenters. The molecule has 0 radical (unpaired) electrons. The van der Waals surface area contributed by atoms with Crippen LogP contribution in [0.25, 0.3) is 0 Å². The highest BCUT2D eigenvalue weighted by Gasteiger charge is 2.20. The van der Waals surface area contributed by atoms with E-state index >= 15 is 0 Å². The van der Waals surface area contributed by atoms with E-state index in [-0.39, 0.29) is 18.6 Å². The van der Waals surface area contributed by atoms with Gasteiger partial charge in [-0.15, -0.1) is 0 Å². The fraction of sp³-hybridized carbons (Fsp3) is 0.391. The summed E-state index contributed by atoms with van der Waals surface area (Å²) in [5.41, 5.74) is 2.65. The first-order valence-corrected chi connectivity index (χ1v) is 10.2. The summed E-state index contributed by atoms with van der Waals surface area (Å²) >= 11 is 0. The lowest BCUT2D eigenvalue weighted by atomic mass is 10.1. The molecule has 2 aromatic carbocycles. The molecule has 1 aliphatic rings. The monoisotopic (exact) mass is 411 g/mol. The average Bonchev–Trinajstić information content (AvgIpc) is 3.05. The van der Waals surface area contributed by atoms with Crippen LogP contribution >= 0.6 is 0 Å². The molecule has 3 rings (SSSR count). The Labute approximate surface area is 177 Å². The molecule has 0 saturated carbocycles. The summed E-state index contributed by atoms with van der Waals surface area (Å²) in [5, 5.41) is 2.82. The Hall–Kier alpha value is -3.06. The van der Waals surface area contributed by atoms with Gasteiger partial charge in [-0.25, -0.2) is 4.79 Å². The highest BCUT2D eigenvalue weighted by Crippen LogP contribution is 2.18. The van der Waals surface area contributed by atoms with Crippen LogP contribution in [0.2, 0.25) is 0 Å². The topological polar surface area (TPSA) is 71.1 Å². The molecule has 1 saturated heterocycles. The van der Waals surface area contributed by atoms with Crippen LogP contribution in [0.15, 0.2) is 54.6 Å². The van der Waals surface area contributed by atoms with E-state index in [0.29, 0.717) is 31.8 Å². The lowest BCUT2D eigenvalue weighted by Gasteiger charge is -2.23. The Morgan fingerprint density at radius 1 is 0.967 bits per heavy atom. The van der Waals surface area contributed by atoms with Gasteiger partial charge < -0.3 is 24.6 Å². The predicted molar refractivity (Wildman–Crippen MR) is 116 cm³/mol. The van der Waals surface area contributed by atoms with E-state index in [9.17, 15) is 9.59 Å². The van der Waals surface area contributed by atoms with Crippen molar-refractivity contribution in [3.63, 3.8) is 0 Å². The number of methoxy groups -OCH3 is 1. The molecule has 2 aromatic rings. The number of nitrogens with zero attached hydrogens (tertiary/aromatic N) is 2. The SMILES string of the molecule is COCCNC(=O)c1ccc(N2CCCN(C(=O)OCc3ccccc3)CC2)cc1. The number of hydrogen-bond donors (Lipinski definition) is 1. The van der Waals surface area contributed by atoms with Gasteiger partial charge in [0.15, 0.2) is 0 Å². The molecule has 7 nitrogen and oxygen atoms in total. The van der Waals surface area contributed by atoms with Gasteiger partial charge in [-0.05, 0) is 36.2 Å². The number of nitrogens with one attached hydrogen (secondary N) is 1. The highest BCUT2D eigenvalue weighted by atomic mass is 16.6. The van der Waals surface area contributed by atoms with Gasteiger partial charge in [0.25, 0.3) is 5.91 Å². The maximum atomic E-state index is 12.4. The highest BCUT2D eigenvalue weighted by molar-refractivity contribution is 5.94. The third-order valence-corrected chi connectivity index (χ3v) is 5.05. The normalized spacial score (nSPS) is 14.2. The molecule has 0 aliphatic carbocycles. The van der Waals surface area contributed by atoms with E-state index in [1.165, 1.54) is 0 Å². The van der Waals surface area contributed by atoms with Gasteiger partial charge in [-0.2, -0.15) is 0 Å². The summed E-state index contributed by atoms with van der Waals surface area (Å²) in [7, 11) is 1.60. The maximum absolute atomic E-state index is 12.4. The zero-order valence-electron chi connectivity index (χ0n) is 17.4. The van der Waals surface area contributed by atoms with Crippen molar-refractivity contribution in [2.24, 2.45) is 0 Å². The first-order chi connectivity index (χ1) is 14.7. The van der Waals surface area contributed by atoms with Crippen LogP contribution in [0.3, 0.4) is 0 Å². The minimum absolute atomic E-state index is 0.109. The molecular weight excluding hydrogens is 382 g/mol. The van der Waals surface area contributed by atoms with E-state index in [2.05, 4.69) is 10.2 Å². The molecule has 160 valence electrons. The van der Waals surface area contributed by atoms with E-state index < -0.39 is 0 Å². The minimum atomic E-state index is -0.274. The van der Waals surface area contributed by atoms with Gasteiger partial charge in [0.2, 0.25) is 0 Å². The number of carbonyl (C=O) groups excluding carboxylic acids is 2. The Balaban J connectivity index is 1.49. The molecule has 2 amide bonds. The largest absolute Gasteiger partial charge is 0.445 e. The quantitative estimate of drug-likeness (QED) is 0.710. The molecule has 1 fully saturated rings. The Kier molecular flexibility index (Phi) is 8.09. The van der Waals surface area contributed by atoms with Crippen LogP contribution in [-0.2, 0) is 16.1 Å². The molecule has 1 N–H and O–H groups in total. The summed E-state index contributed by atoms with van der Waals surface area (Å²) < 4.78 is 10.4. The molecule has 30 heavy (non-hydrogen) atoms. The van der Waals surface area contributed by atoms with Gasteiger partial charge in [-0.1, -0.05) is 30.3 Å². The van der Waals surface area contributed by atoms with E-state index in [1.807, 2.05) is 54.6 Å². The number of amides is 2. The van der Waals surface area contributed by atoms with Crippen molar-refractivity contribution in [1.82, 2.24) is 10.2 Å². The van der Waals surface area contributed by atoms with Crippen molar-refractivity contribution in [3.05, 3.63) is 65.7 Å². The first-order valence-electron chi connectivity index (χ1n) is 10.2. The summed E-state index contributed by atoms with van der Waals surface area (Å²) in [6, 6.07) is 17.3. The fourth-order valence-corrected chi connectivity index (χ4v) is 3.36. The molecular formula is C23H29N3O4. The van der Waals surface area contributed by atoms with Gasteiger partial charge in [0.05, 0.1) is 6.61 Å². The molecule has 0 aromatic heterocycles. The standard InChI is InChI=1S/C23H29N3O4/c1-29-17-12-24-22(27)20-8-10-21(11-9-20)25-13-5-14-26(16-15-25)23(28)30-18-19-6-3-2-4-7-19/h2-4,6-11H,5,12-18H2,1H3,(H,24,27). The van der Waals surface area contributed by atoms with Gasteiger partial charge in [0, 0.05) is 51.1 Å². The van der Waals surface area contributed by atoms with Crippen LogP contribution in [-0.4, -0.2) is 63.3 Å². The maximum Gasteiger partial charge on any atom is 0.410 e. The third-order valence-electron chi connectivity index (χ3n) is 5.05. The summed E-state index contributed by atoms with van der Waals surface area (Å²) in [5.74, 6) is -0.109. The van der Waals surface area contributed by atoms with Crippen LogP contribution < -0.4 is 10.2 Å². The van der Waals surface area contributed by atoms with E-state index in [1.54, 1.807) is 12.0 Å². The number of rotatable bonds is 7. The van der Waals surface area contributed by atoms with Crippen LogP contribution in [0, 0.1) is 0 Å². The van der Waals surface area contributed by atoms with Gasteiger partial charge in [0.1, 0.15) is 6.61 Å². The van der Waals surface area contributed by atoms with E-state index in [0.717, 1.165) is 30.8 Å². The second-order valence-electron chi connectivity index (χ2n) is 7.16. The second-order valence-corrected chi connectivity index (χ2v) is 7.16. The smallest absolute Gasteiger partial charge is 0.410 e. The fourth-order valence-electron chi connectivity index (χ4n) is 3.36. The third kappa shape index (κ3) is 6.22. The number of hydrogen-bond acceptors (Lipinski definition) is 5. The lowest BCUT2D eigenvalue weighted by molar-refractivity contribution is 0.0936. The molecule has 7 heteroatoms. The van der Waals surface area contributed by atoms with Crippen LogP contribution in [0.5, 0.6) is 0 Å². The van der Waals surface area contributed by atoms with Crippen molar-refractivity contribution in [1.29, 1.82) is 0 Å². The zero-order chi connectivity index (χ0) is 21.2. The van der Waals surface area contributed by atoms with Crippen LogP contribution in [0.1, 0.15) is 22.3 Å². The zero-order valence-corrected chi connectivity index (χ0v) is 17.4. The van der Waals surface area contributed by atoms with Crippen molar-refractivity contribution in [2.45, 2.75) is 13.0 Å². The van der Waals surface area contributed by atoms with Crippen molar-refractivity contribution >= 4 is 17.7 Å². The Bertz CT molecular complexity index is 811. The van der Waals surface area contributed by atoms with Crippen molar-refractivity contribution in [2.75, 3.05) is 51.3 Å². The van der Waals surface area contributed by atoms with Crippen LogP contribution in [0.4, 0.5) is 10.5 Å². The van der Waals surface area contributed by atoms with Gasteiger partial charge in [-0.3, -0.25) is 4.79 Å². The first kappa shape index (κ1) is 21.6. The Morgan fingerprint density at radius 3 is 2.47 bits per heavy atom. The average molecular weight is 412 g/mol. The van der Waals surface area contributed by atoms with Crippen molar-refractivity contribution < 1.29 is 19.1 Å². The minimum Gasteiger partial charge on any atom is -0.445 e. The number of benzene rings is 2. The predicted octanol–water partition coefficient (Wildman–Crippen LogP) is 2.91. The second kappa shape index (κ2) is 11.2. The lowest BCUT2D eigenvalue weighted by Crippen LogP contribution is -2.35. The molecule has 1 aliphatic heterocycles. The molecule has 0 bridgehead atoms. The summed E-state index contributed by atoms with van der Waals surface area (Å²) in [4.78, 5) is 28.5. The molecule has 0 spiro atoms. The number of ether oxygens (including phenoxy) is 2. The molecule has 1 heterocycles. The summed E-state index contributed by atoms with van der Waals surface area (Å²) in [6.45, 7) is 4.10. The molecule has 0 unspecified atom stereocenters. The summed E-state index contributed by atoms with van der Waals surface area (Å²) in [6.07, 6.45) is 0.587. The van der Waals surface area contributed by atoms with E-state index in [4.69, 9.17) is 9.47 Å². The number of anilines is 1. The number of carbonyl (C=O) groups is 2. The van der Waals surface area contributed by atoms with Crippen molar-refractivity contribution in [3.8, 4) is 0 Å².